The number of rotatable bonds is 5. The summed E-state index contributed by atoms with van der Waals surface area (Å²) in [4.78, 5) is 14.8. The molecule has 1 amide bonds. The largest absolute Gasteiger partial charge is 0.325 e. The third-order valence-corrected chi connectivity index (χ3v) is 7.03. The Kier molecular flexibility index (Phi) is 5.99. The SMILES string of the molecule is C[C@@H]1C[C@H](C)CN(CC(=O)Nc2cccc(S(=O)(=O)N3CCCC3)c2)C1. The van der Waals surface area contributed by atoms with E-state index in [1.165, 1.54) is 10.7 Å². The lowest BCUT2D eigenvalue weighted by Crippen LogP contribution is -2.42. The molecule has 0 aliphatic carbocycles. The van der Waals surface area contributed by atoms with Crippen LogP contribution in [0.25, 0.3) is 0 Å². The van der Waals surface area contributed by atoms with Crippen molar-refractivity contribution >= 4 is 21.6 Å². The molecule has 1 N–H and O–H groups in total. The first kappa shape index (κ1) is 19.3. The fraction of sp³-hybridized carbons (Fsp3) is 0.632. The van der Waals surface area contributed by atoms with E-state index < -0.39 is 10.0 Å². The molecule has 1 aromatic rings. The van der Waals surface area contributed by atoms with Crippen LogP contribution >= 0.6 is 0 Å². The number of nitrogens with zero attached hydrogens (tertiary/aromatic N) is 2. The summed E-state index contributed by atoms with van der Waals surface area (Å²) in [6.07, 6.45) is 3.01. The summed E-state index contributed by atoms with van der Waals surface area (Å²) in [7, 11) is -3.47. The third kappa shape index (κ3) is 4.64. The summed E-state index contributed by atoms with van der Waals surface area (Å²) in [5, 5.41) is 2.86. The van der Waals surface area contributed by atoms with Crippen LogP contribution in [-0.2, 0) is 14.8 Å². The fourth-order valence-electron chi connectivity index (χ4n) is 4.14. The fourth-order valence-corrected chi connectivity index (χ4v) is 5.70. The number of nitrogens with one attached hydrogen (secondary N) is 1. The first-order chi connectivity index (χ1) is 12.3. The van der Waals surface area contributed by atoms with Crippen molar-refractivity contribution in [3.8, 4) is 0 Å². The van der Waals surface area contributed by atoms with Gasteiger partial charge in [-0.25, -0.2) is 8.42 Å². The van der Waals surface area contributed by atoms with Gasteiger partial charge in [0.05, 0.1) is 11.4 Å². The number of hydrogen-bond acceptors (Lipinski definition) is 4. The van der Waals surface area contributed by atoms with Gasteiger partial charge >= 0.3 is 0 Å². The highest BCUT2D eigenvalue weighted by atomic mass is 32.2. The van der Waals surface area contributed by atoms with Crippen LogP contribution in [0, 0.1) is 11.8 Å². The van der Waals surface area contributed by atoms with Gasteiger partial charge in [-0.15, -0.1) is 0 Å². The summed E-state index contributed by atoms with van der Waals surface area (Å²) in [5.41, 5.74) is 0.536. The molecule has 6 nitrogen and oxygen atoms in total. The quantitative estimate of drug-likeness (QED) is 0.853. The number of carbonyl (C=O) groups excluding carboxylic acids is 1. The number of amides is 1. The van der Waals surface area contributed by atoms with Crippen LogP contribution in [0.2, 0.25) is 0 Å². The second-order valence-corrected chi connectivity index (χ2v) is 9.77. The molecule has 0 radical (unpaired) electrons. The normalized spacial score (nSPS) is 25.3. The maximum Gasteiger partial charge on any atom is 0.243 e. The van der Waals surface area contributed by atoms with Crippen molar-refractivity contribution < 1.29 is 13.2 Å². The lowest BCUT2D eigenvalue weighted by molar-refractivity contribution is -0.117. The lowest BCUT2D eigenvalue weighted by Gasteiger charge is -2.34. The van der Waals surface area contributed by atoms with Crippen LogP contribution in [0.1, 0.15) is 33.1 Å². The Morgan fingerprint density at radius 2 is 1.81 bits per heavy atom. The van der Waals surface area contributed by atoms with E-state index in [4.69, 9.17) is 0 Å². The lowest BCUT2D eigenvalue weighted by atomic mass is 9.92. The van der Waals surface area contributed by atoms with E-state index >= 15 is 0 Å². The molecule has 2 aliphatic heterocycles. The van der Waals surface area contributed by atoms with Gasteiger partial charge in [-0.3, -0.25) is 9.69 Å². The van der Waals surface area contributed by atoms with Gasteiger partial charge in [-0.1, -0.05) is 19.9 Å². The van der Waals surface area contributed by atoms with Gasteiger partial charge in [0.25, 0.3) is 0 Å². The first-order valence-corrected chi connectivity index (χ1v) is 10.9. The molecule has 0 bridgehead atoms. The highest BCUT2D eigenvalue weighted by Gasteiger charge is 2.27. The molecular formula is C19H29N3O3S. The minimum Gasteiger partial charge on any atom is -0.325 e. The Morgan fingerprint density at radius 3 is 2.46 bits per heavy atom. The van der Waals surface area contributed by atoms with E-state index in [1.54, 1.807) is 24.3 Å². The number of carbonyl (C=O) groups is 1. The minimum atomic E-state index is -3.47. The van der Waals surface area contributed by atoms with Crippen LogP contribution in [0.5, 0.6) is 0 Å². The van der Waals surface area contributed by atoms with E-state index in [0.717, 1.165) is 25.9 Å². The number of piperidine rings is 1. The second-order valence-electron chi connectivity index (χ2n) is 7.83. The van der Waals surface area contributed by atoms with Crippen LogP contribution in [0.15, 0.2) is 29.2 Å². The van der Waals surface area contributed by atoms with E-state index in [9.17, 15) is 13.2 Å². The van der Waals surface area contributed by atoms with Gasteiger partial charge in [0, 0.05) is 31.9 Å². The van der Waals surface area contributed by atoms with Crippen molar-refractivity contribution in [2.45, 2.75) is 38.0 Å². The molecule has 144 valence electrons. The number of sulfonamides is 1. The van der Waals surface area contributed by atoms with Crippen LogP contribution in [0.3, 0.4) is 0 Å². The van der Waals surface area contributed by atoms with Crippen LogP contribution in [-0.4, -0.2) is 56.3 Å². The van der Waals surface area contributed by atoms with Gasteiger partial charge in [0.2, 0.25) is 15.9 Å². The van der Waals surface area contributed by atoms with Gasteiger partial charge in [0.15, 0.2) is 0 Å². The molecule has 2 atom stereocenters. The summed E-state index contributed by atoms with van der Waals surface area (Å²) < 4.78 is 26.9. The molecule has 2 heterocycles. The maximum atomic E-state index is 12.7. The zero-order valence-electron chi connectivity index (χ0n) is 15.6. The van der Waals surface area contributed by atoms with Crippen molar-refractivity contribution in [1.82, 2.24) is 9.21 Å². The number of benzene rings is 1. The Morgan fingerprint density at radius 1 is 1.15 bits per heavy atom. The summed E-state index contributed by atoms with van der Waals surface area (Å²) in [6.45, 7) is 7.79. The van der Waals surface area contributed by atoms with Crippen molar-refractivity contribution in [3.05, 3.63) is 24.3 Å². The van der Waals surface area contributed by atoms with Crippen molar-refractivity contribution in [2.75, 3.05) is 38.0 Å². The predicted molar refractivity (Wildman–Crippen MR) is 102 cm³/mol. The molecule has 2 saturated heterocycles. The van der Waals surface area contributed by atoms with Crippen molar-refractivity contribution in [2.24, 2.45) is 11.8 Å². The van der Waals surface area contributed by atoms with E-state index in [0.29, 0.717) is 37.2 Å². The van der Waals surface area contributed by atoms with Gasteiger partial charge in [0.1, 0.15) is 0 Å². The Bertz CT molecular complexity index is 734. The number of likely N-dealkylation sites (tertiary alicyclic amines) is 1. The Labute approximate surface area is 156 Å². The molecule has 2 fully saturated rings. The van der Waals surface area contributed by atoms with Crippen molar-refractivity contribution in [3.63, 3.8) is 0 Å². The molecular weight excluding hydrogens is 350 g/mol. The monoisotopic (exact) mass is 379 g/mol. The maximum absolute atomic E-state index is 12.7. The Hall–Kier alpha value is -1.44. The summed E-state index contributed by atoms with van der Waals surface area (Å²) in [6, 6.07) is 6.58. The highest BCUT2D eigenvalue weighted by molar-refractivity contribution is 7.89. The zero-order valence-corrected chi connectivity index (χ0v) is 16.5. The standard InChI is InChI=1S/C19H29N3O3S/c1-15-10-16(2)13-21(12-15)14-19(23)20-17-6-5-7-18(11-17)26(24,25)22-8-3-4-9-22/h5-7,11,15-16H,3-4,8-10,12-14H2,1-2H3,(H,20,23)/t15-,16+. The second kappa shape index (κ2) is 8.06. The van der Waals surface area contributed by atoms with Gasteiger partial charge < -0.3 is 5.32 Å². The summed E-state index contributed by atoms with van der Waals surface area (Å²) in [5.74, 6) is 1.10. The van der Waals surface area contributed by atoms with E-state index in [-0.39, 0.29) is 10.8 Å². The van der Waals surface area contributed by atoms with Crippen LogP contribution < -0.4 is 5.32 Å². The molecule has 3 rings (SSSR count). The van der Waals surface area contributed by atoms with Crippen molar-refractivity contribution in [1.29, 1.82) is 0 Å². The Balaban J connectivity index is 1.64. The third-order valence-electron chi connectivity index (χ3n) is 5.13. The molecule has 1 aromatic carbocycles. The highest BCUT2D eigenvalue weighted by Crippen LogP contribution is 2.24. The van der Waals surface area contributed by atoms with E-state index in [2.05, 4.69) is 24.1 Å². The molecule has 26 heavy (non-hydrogen) atoms. The minimum absolute atomic E-state index is 0.0954. The molecule has 7 heteroatoms. The smallest absolute Gasteiger partial charge is 0.243 e. The summed E-state index contributed by atoms with van der Waals surface area (Å²) >= 11 is 0. The average molecular weight is 380 g/mol. The number of hydrogen-bond donors (Lipinski definition) is 1. The van der Waals surface area contributed by atoms with Gasteiger partial charge in [-0.2, -0.15) is 4.31 Å². The molecule has 0 unspecified atom stereocenters. The molecule has 0 saturated carbocycles. The average Bonchev–Trinajstić information content (AvgIpc) is 3.09. The molecule has 0 aromatic heterocycles. The first-order valence-electron chi connectivity index (χ1n) is 9.47. The zero-order chi connectivity index (χ0) is 18.7. The topological polar surface area (TPSA) is 69.7 Å². The van der Waals surface area contributed by atoms with Gasteiger partial charge in [-0.05, 0) is 49.3 Å². The van der Waals surface area contributed by atoms with E-state index in [1.807, 2.05) is 0 Å². The predicted octanol–water partition coefficient (Wildman–Crippen LogP) is 2.39. The van der Waals surface area contributed by atoms with Crippen LogP contribution in [0.4, 0.5) is 5.69 Å². The molecule has 2 aliphatic rings. The number of anilines is 1. The molecule has 0 spiro atoms.